The molecule has 0 fully saturated rings. The number of aryl methyl sites for hydroxylation is 1. The van der Waals surface area contributed by atoms with Crippen LogP contribution in [0.2, 0.25) is 0 Å². The maximum absolute atomic E-state index is 12.6. The zero-order valence-corrected chi connectivity index (χ0v) is 18.3. The molecule has 0 heterocycles. The fraction of sp³-hybridized carbons (Fsp3) is 0.174. The van der Waals surface area contributed by atoms with Crippen LogP contribution in [0.25, 0.3) is 0 Å². The van der Waals surface area contributed by atoms with Gasteiger partial charge in [-0.25, -0.2) is 8.42 Å². The van der Waals surface area contributed by atoms with Gasteiger partial charge in [0.25, 0.3) is 10.0 Å². The topological polar surface area (TPSA) is 93.7 Å². The molecule has 0 saturated carbocycles. The van der Waals surface area contributed by atoms with E-state index in [1.165, 1.54) is 19.2 Å². The van der Waals surface area contributed by atoms with Crippen LogP contribution in [0.1, 0.15) is 11.1 Å². The number of carbonyl (C=O) groups excluding carboxylic acids is 1. The molecule has 0 aromatic heterocycles. The predicted molar refractivity (Wildman–Crippen MR) is 120 cm³/mol. The second-order valence-corrected chi connectivity index (χ2v) is 8.60. The van der Waals surface area contributed by atoms with Crippen molar-refractivity contribution in [1.82, 2.24) is 0 Å². The Morgan fingerprint density at radius 2 is 1.58 bits per heavy atom. The van der Waals surface area contributed by atoms with Crippen molar-refractivity contribution < 1.29 is 22.7 Å². The highest BCUT2D eigenvalue weighted by Gasteiger charge is 2.15. The van der Waals surface area contributed by atoms with E-state index in [1.54, 1.807) is 55.6 Å². The first-order chi connectivity index (χ1) is 14.8. The Morgan fingerprint density at radius 3 is 2.23 bits per heavy atom. The van der Waals surface area contributed by atoms with Crippen molar-refractivity contribution in [3.8, 4) is 11.5 Å². The van der Waals surface area contributed by atoms with Gasteiger partial charge in [-0.05, 0) is 66.6 Å². The highest BCUT2D eigenvalue weighted by atomic mass is 32.2. The summed E-state index contributed by atoms with van der Waals surface area (Å²) in [5.74, 6) is 0.895. The molecule has 2 N–H and O–H groups in total. The van der Waals surface area contributed by atoms with Crippen molar-refractivity contribution in [1.29, 1.82) is 0 Å². The molecule has 7 nitrogen and oxygen atoms in total. The Kier molecular flexibility index (Phi) is 6.81. The number of benzene rings is 3. The van der Waals surface area contributed by atoms with E-state index in [0.717, 1.165) is 11.1 Å². The van der Waals surface area contributed by atoms with E-state index in [0.29, 0.717) is 22.9 Å². The number of nitrogens with one attached hydrogen (secondary N) is 2. The minimum Gasteiger partial charge on any atom is -0.493 e. The first-order valence-corrected chi connectivity index (χ1v) is 11.0. The first-order valence-electron chi connectivity index (χ1n) is 9.51. The molecule has 3 aromatic rings. The highest BCUT2D eigenvalue weighted by molar-refractivity contribution is 7.92. The van der Waals surface area contributed by atoms with Crippen molar-refractivity contribution in [3.63, 3.8) is 0 Å². The van der Waals surface area contributed by atoms with Gasteiger partial charge in [0.2, 0.25) is 5.91 Å². The third kappa shape index (κ3) is 5.76. The Morgan fingerprint density at radius 1 is 0.871 bits per heavy atom. The van der Waals surface area contributed by atoms with E-state index in [2.05, 4.69) is 10.0 Å². The third-order valence-electron chi connectivity index (χ3n) is 4.53. The van der Waals surface area contributed by atoms with E-state index in [9.17, 15) is 13.2 Å². The summed E-state index contributed by atoms with van der Waals surface area (Å²) in [6, 6.07) is 18.4. The molecular formula is C23H24N2O5S. The van der Waals surface area contributed by atoms with Gasteiger partial charge in [-0.15, -0.1) is 0 Å². The van der Waals surface area contributed by atoms with Gasteiger partial charge in [-0.1, -0.05) is 18.2 Å². The number of sulfonamides is 1. The summed E-state index contributed by atoms with van der Waals surface area (Å²) < 4.78 is 38.2. The number of anilines is 2. The van der Waals surface area contributed by atoms with Gasteiger partial charge in [-0.3, -0.25) is 9.52 Å². The number of ether oxygens (including phenoxy) is 2. The summed E-state index contributed by atoms with van der Waals surface area (Å²) in [6.07, 6.45) is 0.134. The molecule has 0 saturated heterocycles. The van der Waals surface area contributed by atoms with E-state index in [4.69, 9.17) is 9.47 Å². The minimum absolute atomic E-state index is 0.104. The predicted octanol–water partition coefficient (Wildman–Crippen LogP) is 3.99. The molecule has 31 heavy (non-hydrogen) atoms. The smallest absolute Gasteiger partial charge is 0.261 e. The van der Waals surface area contributed by atoms with Gasteiger partial charge < -0.3 is 14.8 Å². The van der Waals surface area contributed by atoms with Crippen molar-refractivity contribution in [2.45, 2.75) is 18.2 Å². The van der Waals surface area contributed by atoms with E-state index in [1.807, 2.05) is 13.0 Å². The molecule has 1 amide bonds. The fourth-order valence-electron chi connectivity index (χ4n) is 3.02. The summed E-state index contributed by atoms with van der Waals surface area (Å²) in [7, 11) is -0.648. The summed E-state index contributed by atoms with van der Waals surface area (Å²) in [4.78, 5) is 12.5. The highest BCUT2D eigenvalue weighted by Crippen LogP contribution is 2.28. The molecule has 0 aliphatic rings. The lowest BCUT2D eigenvalue weighted by Gasteiger charge is -2.11. The van der Waals surface area contributed by atoms with Crippen LogP contribution in [0.15, 0.2) is 71.6 Å². The SMILES string of the molecule is COc1ccc(CC(=O)Nc2ccc(S(=O)(=O)Nc3cccc(C)c3)cc2)cc1OC. The second-order valence-electron chi connectivity index (χ2n) is 6.91. The van der Waals surface area contributed by atoms with Crippen LogP contribution in [0.4, 0.5) is 11.4 Å². The molecule has 3 rings (SSSR count). The molecule has 0 radical (unpaired) electrons. The van der Waals surface area contributed by atoms with Crippen molar-refractivity contribution in [2.24, 2.45) is 0 Å². The Bertz CT molecular complexity index is 1170. The van der Waals surface area contributed by atoms with Crippen LogP contribution in [0.5, 0.6) is 11.5 Å². The van der Waals surface area contributed by atoms with Crippen molar-refractivity contribution in [3.05, 3.63) is 77.9 Å². The van der Waals surface area contributed by atoms with Crippen LogP contribution < -0.4 is 19.5 Å². The molecule has 0 atom stereocenters. The van der Waals surface area contributed by atoms with E-state index < -0.39 is 10.0 Å². The monoisotopic (exact) mass is 440 g/mol. The van der Waals surface area contributed by atoms with Crippen LogP contribution in [0.3, 0.4) is 0 Å². The summed E-state index contributed by atoms with van der Waals surface area (Å²) in [6.45, 7) is 1.89. The fourth-order valence-corrected chi connectivity index (χ4v) is 4.07. The molecule has 3 aromatic carbocycles. The maximum atomic E-state index is 12.6. The van der Waals surface area contributed by atoms with Crippen LogP contribution in [-0.2, 0) is 21.2 Å². The zero-order chi connectivity index (χ0) is 22.4. The van der Waals surface area contributed by atoms with Gasteiger partial charge in [0, 0.05) is 11.4 Å². The zero-order valence-electron chi connectivity index (χ0n) is 17.5. The number of methoxy groups -OCH3 is 2. The summed E-state index contributed by atoms with van der Waals surface area (Å²) in [5.41, 5.74) is 2.71. The minimum atomic E-state index is -3.73. The normalized spacial score (nSPS) is 10.9. The largest absolute Gasteiger partial charge is 0.493 e. The van der Waals surface area contributed by atoms with Crippen LogP contribution >= 0.6 is 0 Å². The molecule has 0 bridgehead atoms. The quantitative estimate of drug-likeness (QED) is 0.552. The molecule has 8 heteroatoms. The van der Waals surface area contributed by atoms with Gasteiger partial charge in [0.05, 0.1) is 25.5 Å². The standard InChI is InChI=1S/C23H24N2O5S/c1-16-5-4-6-19(13-16)25-31(27,28)20-10-8-18(9-11-20)24-23(26)15-17-7-12-21(29-2)22(14-17)30-3/h4-14,25H,15H2,1-3H3,(H,24,26). The van der Waals surface area contributed by atoms with E-state index in [-0.39, 0.29) is 17.2 Å². The Hall–Kier alpha value is -3.52. The maximum Gasteiger partial charge on any atom is 0.261 e. The van der Waals surface area contributed by atoms with Crippen LogP contribution in [-0.4, -0.2) is 28.5 Å². The number of carbonyl (C=O) groups is 1. The molecule has 0 unspecified atom stereocenters. The second kappa shape index (κ2) is 9.53. The number of rotatable bonds is 8. The van der Waals surface area contributed by atoms with Gasteiger partial charge >= 0.3 is 0 Å². The van der Waals surface area contributed by atoms with E-state index >= 15 is 0 Å². The molecule has 0 spiro atoms. The average molecular weight is 441 g/mol. The summed E-state index contributed by atoms with van der Waals surface area (Å²) in [5, 5.41) is 2.77. The summed E-state index contributed by atoms with van der Waals surface area (Å²) >= 11 is 0. The van der Waals surface area contributed by atoms with Crippen molar-refractivity contribution in [2.75, 3.05) is 24.3 Å². The molecule has 0 aliphatic carbocycles. The number of amides is 1. The van der Waals surface area contributed by atoms with Crippen molar-refractivity contribution >= 4 is 27.3 Å². The number of hydrogen-bond acceptors (Lipinski definition) is 5. The lowest BCUT2D eigenvalue weighted by atomic mass is 10.1. The average Bonchev–Trinajstić information content (AvgIpc) is 2.73. The third-order valence-corrected chi connectivity index (χ3v) is 5.93. The Labute approximate surface area is 182 Å². The first kappa shape index (κ1) is 22.2. The lowest BCUT2D eigenvalue weighted by Crippen LogP contribution is -2.15. The van der Waals surface area contributed by atoms with Crippen LogP contribution in [0, 0.1) is 6.92 Å². The lowest BCUT2D eigenvalue weighted by molar-refractivity contribution is -0.115. The molecule has 0 aliphatic heterocycles. The van der Waals surface area contributed by atoms with Gasteiger partial charge in [-0.2, -0.15) is 0 Å². The van der Waals surface area contributed by atoms with Gasteiger partial charge in [0.15, 0.2) is 11.5 Å². The Balaban J connectivity index is 1.65. The van der Waals surface area contributed by atoms with Gasteiger partial charge in [0.1, 0.15) is 0 Å². The molecule has 162 valence electrons. The number of hydrogen-bond donors (Lipinski definition) is 2. The molecular weight excluding hydrogens is 416 g/mol.